The molecule has 12 heteroatoms. The van der Waals surface area contributed by atoms with E-state index in [-0.39, 0.29) is 31.1 Å². The average Bonchev–Trinajstić information content (AvgIpc) is 3.49. The summed E-state index contributed by atoms with van der Waals surface area (Å²) in [6.07, 6.45) is 3.63. The van der Waals surface area contributed by atoms with Crippen molar-refractivity contribution in [2.75, 3.05) is 11.1 Å². The van der Waals surface area contributed by atoms with Gasteiger partial charge in [-0.1, -0.05) is 54.6 Å². The van der Waals surface area contributed by atoms with Gasteiger partial charge in [0.25, 0.3) is 0 Å². The van der Waals surface area contributed by atoms with Crippen molar-refractivity contribution in [2.24, 2.45) is 0 Å². The molecule has 3 aromatic rings. The number of hydrogen-bond acceptors (Lipinski definition) is 9. The van der Waals surface area contributed by atoms with Crippen molar-refractivity contribution in [1.82, 2.24) is 20.7 Å². The van der Waals surface area contributed by atoms with Gasteiger partial charge in [-0.15, -0.1) is 0 Å². The lowest BCUT2D eigenvalue weighted by atomic mass is 10.0. The van der Waals surface area contributed by atoms with Crippen LogP contribution in [0.3, 0.4) is 0 Å². The van der Waals surface area contributed by atoms with Crippen LogP contribution in [-0.2, 0) is 25.7 Å². The summed E-state index contributed by atoms with van der Waals surface area (Å²) in [5.74, 6) is 0.107. The molecule has 2 aromatic carbocycles. The van der Waals surface area contributed by atoms with Crippen LogP contribution in [0.5, 0.6) is 0 Å². The second-order valence-electron chi connectivity index (χ2n) is 9.22. The molecule has 5 N–H and O–H groups in total. The van der Waals surface area contributed by atoms with Crippen LogP contribution in [0, 0.1) is 0 Å². The smallest absolute Gasteiger partial charge is 0.243 e. The molecule has 1 fully saturated rings. The van der Waals surface area contributed by atoms with Gasteiger partial charge in [-0.05, 0) is 36.1 Å². The topological polar surface area (TPSA) is 159 Å². The summed E-state index contributed by atoms with van der Waals surface area (Å²) in [6.45, 7) is -0.0205. The Balaban J connectivity index is 1.39. The van der Waals surface area contributed by atoms with Gasteiger partial charge in [-0.25, -0.2) is 10.5 Å². The summed E-state index contributed by atoms with van der Waals surface area (Å²) >= 11 is 1.53. The van der Waals surface area contributed by atoms with E-state index in [4.69, 9.17) is 14.7 Å². The SMILES string of the molecule is O=C(CCCCCC(=O)Nc1cccc([C@@H]2O[C@H](CSc3ncn[nH]3)C[C@H](c3ccc(CO)cc3)O2)c1)NO. The minimum atomic E-state index is -0.642. The number of aromatic nitrogens is 3. The van der Waals surface area contributed by atoms with E-state index in [0.717, 1.165) is 16.7 Å². The molecule has 0 spiro atoms. The molecule has 2 amide bonds. The van der Waals surface area contributed by atoms with Gasteiger partial charge in [0.1, 0.15) is 6.33 Å². The number of H-pyrrole nitrogens is 1. The number of anilines is 1. The van der Waals surface area contributed by atoms with Crippen LogP contribution in [0.25, 0.3) is 0 Å². The van der Waals surface area contributed by atoms with Gasteiger partial charge < -0.3 is 19.9 Å². The fourth-order valence-corrected chi connectivity index (χ4v) is 5.05. The van der Waals surface area contributed by atoms with Crippen LogP contribution in [-0.4, -0.2) is 49.2 Å². The van der Waals surface area contributed by atoms with E-state index in [1.165, 1.54) is 18.1 Å². The number of thioether (sulfide) groups is 1. The van der Waals surface area contributed by atoms with Gasteiger partial charge in [0.2, 0.25) is 11.8 Å². The Morgan fingerprint density at radius 2 is 1.82 bits per heavy atom. The number of aliphatic hydroxyl groups is 1. The number of rotatable bonds is 13. The predicted octanol–water partition coefficient (Wildman–Crippen LogP) is 4.03. The molecule has 0 unspecified atom stereocenters. The van der Waals surface area contributed by atoms with E-state index >= 15 is 0 Å². The van der Waals surface area contributed by atoms with E-state index in [9.17, 15) is 14.7 Å². The maximum atomic E-state index is 12.5. The zero-order valence-corrected chi connectivity index (χ0v) is 22.2. The number of carbonyl (C=O) groups excluding carboxylic acids is 2. The van der Waals surface area contributed by atoms with E-state index in [0.29, 0.717) is 48.7 Å². The van der Waals surface area contributed by atoms with Crippen LogP contribution < -0.4 is 10.8 Å². The zero-order chi connectivity index (χ0) is 27.5. The van der Waals surface area contributed by atoms with Crippen molar-refractivity contribution in [1.29, 1.82) is 0 Å². The van der Waals surface area contributed by atoms with E-state index in [2.05, 4.69) is 20.5 Å². The average molecular weight is 556 g/mol. The van der Waals surface area contributed by atoms with Crippen LogP contribution in [0.15, 0.2) is 60.0 Å². The summed E-state index contributed by atoms with van der Waals surface area (Å²) in [7, 11) is 0. The zero-order valence-electron chi connectivity index (χ0n) is 21.4. The Hall–Kier alpha value is -3.29. The minimum Gasteiger partial charge on any atom is -0.392 e. The molecule has 1 aliphatic rings. The van der Waals surface area contributed by atoms with Crippen molar-refractivity contribution >= 4 is 29.3 Å². The van der Waals surface area contributed by atoms with Crippen molar-refractivity contribution in [3.63, 3.8) is 0 Å². The first-order valence-corrected chi connectivity index (χ1v) is 13.8. The summed E-state index contributed by atoms with van der Waals surface area (Å²) in [5, 5.41) is 28.3. The summed E-state index contributed by atoms with van der Waals surface area (Å²) in [5.41, 5.74) is 4.87. The number of nitrogens with one attached hydrogen (secondary N) is 3. The number of aromatic amines is 1. The lowest BCUT2D eigenvalue weighted by Crippen LogP contribution is -2.31. The molecule has 0 bridgehead atoms. The first kappa shape index (κ1) is 28.7. The fraction of sp³-hybridized carbons (Fsp3) is 0.407. The minimum absolute atomic E-state index is 0.0205. The van der Waals surface area contributed by atoms with Gasteiger partial charge >= 0.3 is 0 Å². The monoisotopic (exact) mass is 555 g/mol. The highest BCUT2D eigenvalue weighted by atomic mass is 32.2. The van der Waals surface area contributed by atoms with Gasteiger partial charge in [0.15, 0.2) is 11.4 Å². The van der Waals surface area contributed by atoms with E-state index in [1.807, 2.05) is 48.5 Å². The molecule has 0 aliphatic carbocycles. The Morgan fingerprint density at radius 3 is 2.54 bits per heavy atom. The first-order chi connectivity index (χ1) is 19.0. The lowest BCUT2D eigenvalue weighted by Gasteiger charge is -2.36. The highest BCUT2D eigenvalue weighted by Gasteiger charge is 2.32. The normalized spacial score (nSPS) is 19.0. The van der Waals surface area contributed by atoms with Gasteiger partial charge in [0, 0.05) is 36.3 Å². The van der Waals surface area contributed by atoms with Crippen molar-refractivity contribution < 1.29 is 29.4 Å². The quantitative estimate of drug-likeness (QED) is 0.0908. The first-order valence-electron chi connectivity index (χ1n) is 12.9. The molecular weight excluding hydrogens is 522 g/mol. The van der Waals surface area contributed by atoms with E-state index < -0.39 is 12.2 Å². The predicted molar refractivity (Wildman–Crippen MR) is 144 cm³/mol. The summed E-state index contributed by atoms with van der Waals surface area (Å²) in [4.78, 5) is 27.7. The molecule has 208 valence electrons. The standard InChI is InChI=1S/C27H33N5O6S/c33-15-18-9-11-19(12-10-18)23-14-22(16-39-27-28-17-29-31-27)37-26(38-23)20-5-4-6-21(13-20)30-24(34)7-2-1-3-8-25(35)32-36/h4-6,9-13,17,22-23,26,33,36H,1-3,7-8,14-16H2,(H,30,34)(H,32,35)(H,28,29,31)/t22-,23+,26+/m0/s1. The molecule has 2 heterocycles. The molecule has 11 nitrogen and oxygen atoms in total. The number of aliphatic hydroxyl groups excluding tert-OH is 1. The van der Waals surface area contributed by atoms with Crippen LogP contribution in [0.2, 0.25) is 0 Å². The van der Waals surface area contributed by atoms with E-state index in [1.54, 1.807) is 5.48 Å². The summed E-state index contributed by atoms with van der Waals surface area (Å²) in [6, 6.07) is 15.1. The number of hydrogen-bond donors (Lipinski definition) is 5. The second-order valence-corrected chi connectivity index (χ2v) is 10.2. The summed E-state index contributed by atoms with van der Waals surface area (Å²) < 4.78 is 12.7. The Bertz CT molecular complexity index is 1190. The molecule has 1 saturated heterocycles. The largest absolute Gasteiger partial charge is 0.392 e. The third-order valence-electron chi connectivity index (χ3n) is 6.29. The molecule has 39 heavy (non-hydrogen) atoms. The second kappa shape index (κ2) is 14.8. The van der Waals surface area contributed by atoms with Crippen molar-refractivity contribution in [2.45, 2.75) is 68.8 Å². The maximum absolute atomic E-state index is 12.5. The highest BCUT2D eigenvalue weighted by Crippen LogP contribution is 2.39. The van der Waals surface area contributed by atoms with Crippen molar-refractivity contribution in [3.8, 4) is 0 Å². The lowest BCUT2D eigenvalue weighted by molar-refractivity contribution is -0.245. The number of unbranched alkanes of at least 4 members (excludes halogenated alkanes) is 2. The molecule has 1 aliphatic heterocycles. The maximum Gasteiger partial charge on any atom is 0.243 e. The van der Waals surface area contributed by atoms with Crippen LogP contribution in [0.4, 0.5) is 5.69 Å². The number of hydroxylamine groups is 1. The molecule has 3 atom stereocenters. The Morgan fingerprint density at radius 1 is 1.03 bits per heavy atom. The Kier molecular flexibility index (Phi) is 10.9. The number of ether oxygens (including phenoxy) is 2. The molecular formula is C27H33N5O6S. The third kappa shape index (κ3) is 8.87. The van der Waals surface area contributed by atoms with Crippen molar-refractivity contribution in [3.05, 3.63) is 71.5 Å². The fourth-order valence-electron chi connectivity index (χ4n) is 4.25. The molecule has 0 saturated carbocycles. The van der Waals surface area contributed by atoms with Crippen LogP contribution >= 0.6 is 11.8 Å². The van der Waals surface area contributed by atoms with Gasteiger partial charge in [-0.2, -0.15) is 5.10 Å². The number of carbonyl (C=O) groups is 2. The molecule has 1 aromatic heterocycles. The number of benzene rings is 2. The van der Waals surface area contributed by atoms with Crippen LogP contribution in [0.1, 0.15) is 67.6 Å². The van der Waals surface area contributed by atoms with Gasteiger partial charge in [0.05, 0.1) is 18.8 Å². The molecule has 4 rings (SSSR count). The molecule has 0 radical (unpaired) electrons. The highest BCUT2D eigenvalue weighted by molar-refractivity contribution is 7.99. The number of amides is 2. The third-order valence-corrected chi connectivity index (χ3v) is 7.30. The Labute approximate surface area is 230 Å². The number of nitrogens with zero attached hydrogens (tertiary/aromatic N) is 2. The van der Waals surface area contributed by atoms with Gasteiger partial charge in [-0.3, -0.25) is 19.9 Å².